The number of para-hydroxylation sites is 1. The van der Waals surface area contributed by atoms with Crippen LogP contribution in [0.2, 0.25) is 0 Å². The molecule has 0 saturated carbocycles. The van der Waals surface area contributed by atoms with Gasteiger partial charge in [-0.3, -0.25) is 0 Å². The maximum atomic E-state index is 12.8. The predicted molar refractivity (Wildman–Crippen MR) is 60.4 cm³/mol. The molecule has 10 heteroatoms. The highest BCUT2D eigenvalue weighted by Gasteiger charge is 2.42. The number of aromatic carboxylic acids is 1. The monoisotopic (exact) mass is 325 g/mol. The first kappa shape index (κ1) is 15.9. The first-order valence-corrected chi connectivity index (χ1v) is 5.48. The smallest absolute Gasteiger partial charge is 0.434 e. The van der Waals surface area contributed by atoms with Crippen LogP contribution in [0.15, 0.2) is 18.2 Å². The van der Waals surface area contributed by atoms with Gasteiger partial charge in [0.25, 0.3) is 0 Å². The maximum Gasteiger partial charge on any atom is 0.434 e. The number of alkyl halides is 6. The topological polar surface area (TPSA) is 70.4 Å². The largest absolute Gasteiger partial charge is 0.506 e. The van der Waals surface area contributed by atoms with Gasteiger partial charge in [0.1, 0.15) is 11.3 Å². The number of rotatable bonds is 1. The molecule has 118 valence electrons. The molecule has 4 nitrogen and oxygen atoms in total. The van der Waals surface area contributed by atoms with Crippen molar-refractivity contribution < 1.29 is 41.4 Å². The van der Waals surface area contributed by atoms with Gasteiger partial charge in [-0.2, -0.15) is 26.3 Å². The van der Waals surface area contributed by atoms with Crippen LogP contribution in [0.25, 0.3) is 10.9 Å². The van der Waals surface area contributed by atoms with Crippen LogP contribution in [-0.2, 0) is 12.4 Å². The van der Waals surface area contributed by atoms with E-state index in [0.717, 1.165) is 12.1 Å². The van der Waals surface area contributed by atoms with Crippen LogP contribution < -0.4 is 0 Å². The molecule has 0 fully saturated rings. The summed E-state index contributed by atoms with van der Waals surface area (Å²) in [5.74, 6) is -3.58. The molecule has 2 rings (SSSR count). The molecular weight excluding hydrogens is 320 g/mol. The molecule has 0 aliphatic rings. The van der Waals surface area contributed by atoms with Crippen LogP contribution in [0, 0.1) is 0 Å². The molecule has 1 aromatic heterocycles. The molecule has 2 aromatic rings. The standard InChI is InChI=1S/C12H5F6NO3/c13-11(14,15)5-3-1-2-4-7(5)19-9(12(16,17)18)6(8(4)20)10(21)22/h1-3H,(H,19,20)(H,21,22). The van der Waals surface area contributed by atoms with Gasteiger partial charge in [-0.05, 0) is 12.1 Å². The second-order valence-corrected chi connectivity index (χ2v) is 4.19. The second-order valence-electron chi connectivity index (χ2n) is 4.19. The molecule has 2 N–H and O–H groups in total. The van der Waals surface area contributed by atoms with E-state index in [1.165, 1.54) is 0 Å². The van der Waals surface area contributed by atoms with Gasteiger partial charge < -0.3 is 10.2 Å². The summed E-state index contributed by atoms with van der Waals surface area (Å²) >= 11 is 0. The van der Waals surface area contributed by atoms with Gasteiger partial charge in [-0.1, -0.05) is 6.07 Å². The Kier molecular flexibility index (Phi) is 3.42. The lowest BCUT2D eigenvalue weighted by Gasteiger charge is -2.15. The van der Waals surface area contributed by atoms with Crippen molar-refractivity contribution in [1.29, 1.82) is 0 Å². The van der Waals surface area contributed by atoms with Crippen LogP contribution in [0.5, 0.6) is 5.75 Å². The average molecular weight is 325 g/mol. The lowest BCUT2D eigenvalue weighted by atomic mass is 10.0. The van der Waals surface area contributed by atoms with E-state index < -0.39 is 51.8 Å². The number of pyridine rings is 1. The van der Waals surface area contributed by atoms with Crippen molar-refractivity contribution in [3.05, 3.63) is 35.0 Å². The molecule has 1 heterocycles. The third kappa shape index (κ3) is 2.51. The highest BCUT2D eigenvalue weighted by atomic mass is 19.4. The molecular formula is C12H5F6NO3. The van der Waals surface area contributed by atoms with Crippen molar-refractivity contribution in [2.45, 2.75) is 12.4 Å². The van der Waals surface area contributed by atoms with Gasteiger partial charge in [0.2, 0.25) is 0 Å². The minimum Gasteiger partial charge on any atom is -0.506 e. The van der Waals surface area contributed by atoms with Gasteiger partial charge in [0.05, 0.1) is 11.1 Å². The van der Waals surface area contributed by atoms with Gasteiger partial charge >= 0.3 is 18.3 Å². The van der Waals surface area contributed by atoms with E-state index >= 15 is 0 Å². The summed E-state index contributed by atoms with van der Waals surface area (Å²) in [6.07, 6.45) is -10.4. The zero-order valence-electron chi connectivity index (χ0n) is 10.2. The number of aromatic hydroxyl groups is 1. The Hall–Kier alpha value is -2.52. The summed E-state index contributed by atoms with van der Waals surface area (Å²) in [7, 11) is 0. The second kappa shape index (κ2) is 4.75. The molecule has 0 spiro atoms. The van der Waals surface area contributed by atoms with Crippen LogP contribution in [0.4, 0.5) is 26.3 Å². The first-order valence-electron chi connectivity index (χ1n) is 5.48. The van der Waals surface area contributed by atoms with Crippen molar-refractivity contribution in [2.75, 3.05) is 0 Å². The van der Waals surface area contributed by atoms with Gasteiger partial charge in [0.15, 0.2) is 5.69 Å². The SMILES string of the molecule is O=C(O)c1c(C(F)(F)F)nc2c(C(F)(F)F)cccc2c1O. The predicted octanol–water partition coefficient (Wildman–Crippen LogP) is 3.68. The Morgan fingerprint density at radius 3 is 2.09 bits per heavy atom. The number of halogens is 6. The molecule has 0 unspecified atom stereocenters. The van der Waals surface area contributed by atoms with Crippen molar-refractivity contribution >= 4 is 16.9 Å². The lowest BCUT2D eigenvalue weighted by molar-refractivity contribution is -0.142. The average Bonchev–Trinajstić information content (AvgIpc) is 2.35. The molecule has 1 aromatic carbocycles. The van der Waals surface area contributed by atoms with E-state index in [1.807, 2.05) is 0 Å². The van der Waals surface area contributed by atoms with E-state index in [-0.39, 0.29) is 0 Å². The normalized spacial score (nSPS) is 12.6. The lowest BCUT2D eigenvalue weighted by Crippen LogP contribution is -2.17. The molecule has 0 saturated heterocycles. The number of benzene rings is 1. The van der Waals surface area contributed by atoms with Crippen molar-refractivity contribution in [3.63, 3.8) is 0 Å². The fourth-order valence-electron chi connectivity index (χ4n) is 1.91. The molecule has 22 heavy (non-hydrogen) atoms. The Labute approximate surface area is 117 Å². The Bertz CT molecular complexity index is 766. The Morgan fingerprint density at radius 1 is 1.05 bits per heavy atom. The summed E-state index contributed by atoms with van der Waals surface area (Å²) in [5.41, 5.74) is -6.38. The molecule has 0 bridgehead atoms. The van der Waals surface area contributed by atoms with Crippen LogP contribution in [0.1, 0.15) is 21.6 Å². The highest BCUT2D eigenvalue weighted by molar-refractivity contribution is 6.00. The third-order valence-electron chi connectivity index (χ3n) is 2.78. The van der Waals surface area contributed by atoms with Crippen LogP contribution in [-0.4, -0.2) is 21.2 Å². The molecule has 0 amide bonds. The minimum atomic E-state index is -5.35. The number of carbonyl (C=O) groups is 1. The van der Waals surface area contributed by atoms with Crippen molar-refractivity contribution in [3.8, 4) is 5.75 Å². The van der Waals surface area contributed by atoms with Gasteiger partial charge in [-0.25, -0.2) is 9.78 Å². The summed E-state index contributed by atoms with van der Waals surface area (Å²) in [4.78, 5) is 13.7. The van der Waals surface area contributed by atoms with Crippen molar-refractivity contribution in [1.82, 2.24) is 4.98 Å². The number of aromatic nitrogens is 1. The van der Waals surface area contributed by atoms with Crippen LogP contribution >= 0.6 is 0 Å². The number of nitrogens with zero attached hydrogens (tertiary/aromatic N) is 1. The minimum absolute atomic E-state index is 0.482. The fourth-order valence-corrected chi connectivity index (χ4v) is 1.91. The molecule has 0 aliphatic heterocycles. The maximum absolute atomic E-state index is 12.8. The zero-order chi connectivity index (χ0) is 16.9. The van der Waals surface area contributed by atoms with E-state index in [0.29, 0.717) is 6.07 Å². The number of carboxylic acids is 1. The summed E-state index contributed by atoms with van der Waals surface area (Å²) in [5, 5.41) is 17.7. The Balaban J connectivity index is 3.02. The van der Waals surface area contributed by atoms with E-state index in [1.54, 1.807) is 0 Å². The van der Waals surface area contributed by atoms with Crippen LogP contribution in [0.3, 0.4) is 0 Å². The fraction of sp³-hybridized carbons (Fsp3) is 0.167. The van der Waals surface area contributed by atoms with E-state index in [2.05, 4.69) is 4.98 Å². The van der Waals surface area contributed by atoms with Crippen molar-refractivity contribution in [2.24, 2.45) is 0 Å². The van der Waals surface area contributed by atoms with Gasteiger partial charge in [-0.15, -0.1) is 0 Å². The molecule has 0 radical (unpaired) electrons. The highest BCUT2D eigenvalue weighted by Crippen LogP contribution is 2.42. The molecule has 0 aliphatic carbocycles. The number of hydrogen-bond donors (Lipinski definition) is 2. The first-order chi connectivity index (χ1) is 9.94. The Morgan fingerprint density at radius 2 is 1.64 bits per heavy atom. The van der Waals surface area contributed by atoms with Gasteiger partial charge in [0, 0.05) is 5.39 Å². The summed E-state index contributed by atoms with van der Waals surface area (Å²) in [6.45, 7) is 0. The van der Waals surface area contributed by atoms with E-state index in [9.17, 15) is 36.2 Å². The van der Waals surface area contributed by atoms with E-state index in [4.69, 9.17) is 5.11 Å². The third-order valence-corrected chi connectivity index (χ3v) is 2.78. The quantitative estimate of drug-likeness (QED) is 0.785. The number of hydrogen-bond acceptors (Lipinski definition) is 3. The number of carboxylic acid groups (broad SMARTS) is 1. The number of fused-ring (bicyclic) bond motifs is 1. The molecule has 0 atom stereocenters. The summed E-state index contributed by atoms with van der Waals surface area (Å²) < 4.78 is 76.9. The zero-order valence-corrected chi connectivity index (χ0v) is 10.2. The summed E-state index contributed by atoms with van der Waals surface area (Å²) in [6, 6.07) is 2.15.